The smallest absolute Gasteiger partial charge is 0.271 e. The Morgan fingerprint density at radius 3 is 2.21 bits per heavy atom. The molecule has 2 aromatic rings. The van der Waals surface area contributed by atoms with Gasteiger partial charge in [-0.3, -0.25) is 4.79 Å². The molecule has 24 heavy (non-hydrogen) atoms. The number of methoxy groups -OCH3 is 2. The first-order valence-corrected chi connectivity index (χ1v) is 7.75. The van der Waals surface area contributed by atoms with Gasteiger partial charge in [-0.1, -0.05) is 24.6 Å². The Bertz CT molecular complexity index is 737. The van der Waals surface area contributed by atoms with Crippen LogP contribution in [-0.2, 0) is 0 Å². The second kappa shape index (κ2) is 8.15. The standard InChI is InChI=1S/C19H22N2O3/c1-5-16(15-10-11-17(23-3)18(12-15)24-4)20-21-19(22)14-8-6-13(2)7-9-14/h6-12H,5H2,1-4H3,(H,21,22)/b20-16+. The van der Waals surface area contributed by atoms with E-state index < -0.39 is 0 Å². The molecule has 1 amide bonds. The highest BCUT2D eigenvalue weighted by Gasteiger charge is 2.09. The number of carbonyl (C=O) groups excluding carboxylic acids is 1. The Balaban J connectivity index is 2.19. The summed E-state index contributed by atoms with van der Waals surface area (Å²) in [4.78, 5) is 12.2. The van der Waals surface area contributed by atoms with Crippen LogP contribution in [0.3, 0.4) is 0 Å². The normalized spacial score (nSPS) is 11.1. The number of hydrazone groups is 1. The third-order valence-electron chi connectivity index (χ3n) is 3.66. The average molecular weight is 326 g/mol. The summed E-state index contributed by atoms with van der Waals surface area (Å²) >= 11 is 0. The first-order valence-electron chi connectivity index (χ1n) is 7.75. The maximum absolute atomic E-state index is 12.2. The van der Waals surface area contributed by atoms with Crippen LogP contribution >= 0.6 is 0 Å². The molecular weight excluding hydrogens is 304 g/mol. The van der Waals surface area contributed by atoms with E-state index in [1.165, 1.54) is 0 Å². The molecule has 1 N–H and O–H groups in total. The highest BCUT2D eigenvalue weighted by atomic mass is 16.5. The van der Waals surface area contributed by atoms with E-state index in [0.717, 1.165) is 16.8 Å². The van der Waals surface area contributed by atoms with Crippen molar-refractivity contribution in [3.8, 4) is 11.5 Å². The Kier molecular flexibility index (Phi) is 5.95. The van der Waals surface area contributed by atoms with Crippen LogP contribution in [0.4, 0.5) is 0 Å². The summed E-state index contributed by atoms with van der Waals surface area (Å²) in [5.41, 5.74) is 5.93. The van der Waals surface area contributed by atoms with Crippen molar-refractivity contribution in [1.82, 2.24) is 5.43 Å². The predicted molar refractivity (Wildman–Crippen MR) is 95.0 cm³/mol. The largest absolute Gasteiger partial charge is 0.493 e. The summed E-state index contributed by atoms with van der Waals surface area (Å²) in [5.74, 6) is 1.04. The average Bonchev–Trinajstić information content (AvgIpc) is 2.62. The summed E-state index contributed by atoms with van der Waals surface area (Å²) in [5, 5.41) is 4.26. The molecule has 0 bridgehead atoms. The molecule has 0 spiro atoms. The van der Waals surface area contributed by atoms with Gasteiger partial charge in [-0.15, -0.1) is 0 Å². The molecule has 0 atom stereocenters. The van der Waals surface area contributed by atoms with Crippen LogP contribution in [0.1, 0.15) is 34.8 Å². The van der Waals surface area contributed by atoms with E-state index in [1.807, 2.05) is 44.2 Å². The molecule has 0 heterocycles. The maximum atomic E-state index is 12.2. The molecule has 0 aromatic heterocycles. The second-order valence-electron chi connectivity index (χ2n) is 5.29. The van der Waals surface area contributed by atoms with Gasteiger partial charge in [0, 0.05) is 11.1 Å². The van der Waals surface area contributed by atoms with Crippen molar-refractivity contribution in [3.05, 3.63) is 59.2 Å². The number of amides is 1. The second-order valence-corrected chi connectivity index (χ2v) is 5.29. The van der Waals surface area contributed by atoms with Crippen molar-refractivity contribution in [2.75, 3.05) is 14.2 Å². The van der Waals surface area contributed by atoms with Crippen LogP contribution in [0, 0.1) is 6.92 Å². The molecule has 0 saturated carbocycles. The van der Waals surface area contributed by atoms with Crippen LogP contribution in [0.2, 0.25) is 0 Å². The van der Waals surface area contributed by atoms with Gasteiger partial charge >= 0.3 is 0 Å². The lowest BCUT2D eigenvalue weighted by Crippen LogP contribution is -2.20. The number of ether oxygens (including phenoxy) is 2. The van der Waals surface area contributed by atoms with Gasteiger partial charge in [0.25, 0.3) is 5.91 Å². The SMILES string of the molecule is CC/C(=N\NC(=O)c1ccc(C)cc1)c1ccc(OC)c(OC)c1. The van der Waals surface area contributed by atoms with Crippen molar-refractivity contribution < 1.29 is 14.3 Å². The third-order valence-corrected chi connectivity index (χ3v) is 3.66. The first kappa shape index (κ1) is 17.5. The number of aryl methyl sites for hydroxylation is 1. The van der Waals surface area contributed by atoms with Gasteiger partial charge < -0.3 is 9.47 Å². The van der Waals surface area contributed by atoms with Gasteiger partial charge in [0.2, 0.25) is 0 Å². The summed E-state index contributed by atoms with van der Waals surface area (Å²) < 4.78 is 10.5. The summed E-state index contributed by atoms with van der Waals surface area (Å²) in [7, 11) is 3.18. The van der Waals surface area contributed by atoms with Gasteiger partial charge in [-0.05, 0) is 43.7 Å². The van der Waals surface area contributed by atoms with Crippen LogP contribution in [-0.4, -0.2) is 25.8 Å². The first-order chi connectivity index (χ1) is 11.6. The van der Waals surface area contributed by atoms with Gasteiger partial charge in [0.1, 0.15) is 0 Å². The Labute approximate surface area is 142 Å². The van der Waals surface area contributed by atoms with Crippen molar-refractivity contribution in [2.24, 2.45) is 5.10 Å². The van der Waals surface area contributed by atoms with E-state index in [9.17, 15) is 4.79 Å². The summed E-state index contributed by atoms with van der Waals surface area (Å²) in [6.07, 6.45) is 0.670. The predicted octanol–water partition coefficient (Wildman–Crippen LogP) is 3.56. The fourth-order valence-corrected chi connectivity index (χ4v) is 2.25. The topological polar surface area (TPSA) is 59.9 Å². The molecule has 126 valence electrons. The van der Waals surface area contributed by atoms with Crippen LogP contribution < -0.4 is 14.9 Å². The highest BCUT2D eigenvalue weighted by molar-refractivity contribution is 6.02. The van der Waals surface area contributed by atoms with Crippen LogP contribution in [0.15, 0.2) is 47.6 Å². The maximum Gasteiger partial charge on any atom is 0.271 e. The van der Waals surface area contributed by atoms with Gasteiger partial charge in [-0.2, -0.15) is 5.10 Å². The number of nitrogens with one attached hydrogen (secondary N) is 1. The fourth-order valence-electron chi connectivity index (χ4n) is 2.25. The van der Waals surface area contributed by atoms with E-state index in [1.54, 1.807) is 26.4 Å². The van der Waals surface area contributed by atoms with E-state index >= 15 is 0 Å². The summed E-state index contributed by atoms with van der Waals surface area (Å²) in [6, 6.07) is 12.9. The van der Waals surface area contributed by atoms with Crippen LogP contribution in [0.5, 0.6) is 11.5 Å². The number of hydrogen-bond donors (Lipinski definition) is 1. The van der Waals surface area contributed by atoms with Crippen molar-refractivity contribution >= 4 is 11.6 Å². The Morgan fingerprint density at radius 1 is 1.00 bits per heavy atom. The molecule has 0 aliphatic heterocycles. The minimum Gasteiger partial charge on any atom is -0.493 e. The zero-order valence-electron chi connectivity index (χ0n) is 14.4. The number of rotatable bonds is 6. The summed E-state index contributed by atoms with van der Waals surface area (Å²) in [6.45, 7) is 3.96. The lowest BCUT2D eigenvalue weighted by atomic mass is 10.1. The lowest BCUT2D eigenvalue weighted by Gasteiger charge is -2.10. The molecular formula is C19H22N2O3. The molecule has 0 aliphatic rings. The quantitative estimate of drug-likeness (QED) is 0.652. The minimum atomic E-state index is -0.235. The fraction of sp³-hybridized carbons (Fsp3) is 0.263. The van der Waals surface area contributed by atoms with Gasteiger partial charge in [0.05, 0.1) is 19.9 Å². The molecule has 0 unspecified atom stereocenters. The Morgan fingerprint density at radius 2 is 1.62 bits per heavy atom. The zero-order valence-corrected chi connectivity index (χ0v) is 14.4. The zero-order chi connectivity index (χ0) is 17.5. The van der Waals surface area contributed by atoms with E-state index in [-0.39, 0.29) is 5.91 Å². The molecule has 0 aliphatic carbocycles. The molecule has 0 fully saturated rings. The van der Waals surface area contributed by atoms with E-state index in [2.05, 4.69) is 10.5 Å². The molecule has 2 rings (SSSR count). The third kappa shape index (κ3) is 4.13. The van der Waals surface area contributed by atoms with Gasteiger partial charge in [-0.25, -0.2) is 5.43 Å². The molecule has 5 nitrogen and oxygen atoms in total. The molecule has 5 heteroatoms. The molecule has 0 saturated heterocycles. The van der Waals surface area contributed by atoms with Crippen molar-refractivity contribution in [2.45, 2.75) is 20.3 Å². The minimum absolute atomic E-state index is 0.235. The van der Waals surface area contributed by atoms with Crippen molar-refractivity contribution in [1.29, 1.82) is 0 Å². The number of carbonyl (C=O) groups is 1. The molecule has 2 aromatic carbocycles. The number of hydrogen-bond acceptors (Lipinski definition) is 4. The van der Waals surface area contributed by atoms with Crippen molar-refractivity contribution in [3.63, 3.8) is 0 Å². The van der Waals surface area contributed by atoms with E-state index in [0.29, 0.717) is 23.5 Å². The van der Waals surface area contributed by atoms with Gasteiger partial charge in [0.15, 0.2) is 11.5 Å². The lowest BCUT2D eigenvalue weighted by molar-refractivity contribution is 0.0955. The number of benzene rings is 2. The monoisotopic (exact) mass is 326 g/mol. The molecule has 0 radical (unpaired) electrons. The van der Waals surface area contributed by atoms with Crippen LogP contribution in [0.25, 0.3) is 0 Å². The highest BCUT2D eigenvalue weighted by Crippen LogP contribution is 2.28. The number of nitrogens with zero attached hydrogens (tertiary/aromatic N) is 1. The Hall–Kier alpha value is -2.82. The van der Waals surface area contributed by atoms with E-state index in [4.69, 9.17) is 9.47 Å².